The zero-order chi connectivity index (χ0) is 26.7. The van der Waals surface area contributed by atoms with Crippen molar-refractivity contribution in [3.05, 3.63) is 0 Å². The van der Waals surface area contributed by atoms with Crippen LogP contribution in [0.1, 0.15) is 0 Å². The van der Waals surface area contributed by atoms with Gasteiger partial charge in [0.1, 0.15) is 73.2 Å². The van der Waals surface area contributed by atoms with E-state index in [0.717, 1.165) is 0 Å². The summed E-state index contributed by atoms with van der Waals surface area (Å²) in [4.78, 5) is 0. The van der Waals surface area contributed by atoms with E-state index in [1.165, 1.54) is 14.2 Å². The molecule has 0 spiro atoms. The normalized spacial score (nSPS) is 50.2. The standard InChI is InChI=1S/C20H36O16/c1-30-5-8-9(23)10(24)13(27)19(34-8)35-17-7(4-22)33-20(15(29)12(17)26)36-16-6(3-21)32-18(31-2)14(28)11(16)25/h6-29H,3-5H2,1-2H3/t6?,7-,8?,9+,10-,11+,12?,13?,14?,15?,16+,17+,18+,19-,20+/m0/s1. The topological polar surface area (TPSA) is 247 Å². The number of hydrogen-bond donors (Lipinski definition) is 9. The maximum Gasteiger partial charge on any atom is 0.187 e. The van der Waals surface area contributed by atoms with E-state index >= 15 is 0 Å². The average molecular weight is 532 g/mol. The summed E-state index contributed by atoms with van der Waals surface area (Å²) in [6.07, 6.45) is -23.0. The van der Waals surface area contributed by atoms with E-state index in [1.54, 1.807) is 0 Å². The van der Waals surface area contributed by atoms with Gasteiger partial charge < -0.3 is 79.1 Å². The van der Waals surface area contributed by atoms with Crippen LogP contribution >= 0.6 is 0 Å². The van der Waals surface area contributed by atoms with Gasteiger partial charge in [0.15, 0.2) is 18.9 Å². The van der Waals surface area contributed by atoms with Crippen LogP contribution in [0.3, 0.4) is 0 Å². The molecule has 6 unspecified atom stereocenters. The zero-order valence-corrected chi connectivity index (χ0v) is 19.7. The van der Waals surface area contributed by atoms with Crippen molar-refractivity contribution in [1.82, 2.24) is 0 Å². The molecule has 16 heteroatoms. The minimum Gasteiger partial charge on any atom is -0.394 e. The lowest BCUT2D eigenvalue weighted by molar-refractivity contribution is -0.378. The molecule has 212 valence electrons. The third-order valence-electron chi connectivity index (χ3n) is 6.46. The lowest BCUT2D eigenvalue weighted by Crippen LogP contribution is -2.66. The molecule has 0 aromatic heterocycles. The molecule has 16 nitrogen and oxygen atoms in total. The second kappa shape index (κ2) is 12.9. The fraction of sp³-hybridized carbons (Fsp3) is 1.00. The van der Waals surface area contributed by atoms with Crippen LogP contribution in [0.15, 0.2) is 0 Å². The largest absolute Gasteiger partial charge is 0.394 e. The third kappa shape index (κ3) is 5.99. The Morgan fingerprint density at radius 2 is 0.944 bits per heavy atom. The van der Waals surface area contributed by atoms with E-state index in [0.29, 0.717) is 0 Å². The maximum absolute atomic E-state index is 10.7. The van der Waals surface area contributed by atoms with E-state index in [2.05, 4.69) is 0 Å². The molecule has 3 aliphatic heterocycles. The molecule has 0 saturated carbocycles. The van der Waals surface area contributed by atoms with Crippen LogP contribution in [0.4, 0.5) is 0 Å². The summed E-state index contributed by atoms with van der Waals surface area (Å²) in [7, 11) is 2.54. The smallest absolute Gasteiger partial charge is 0.187 e. The highest BCUT2D eigenvalue weighted by atomic mass is 16.8. The Balaban J connectivity index is 1.71. The van der Waals surface area contributed by atoms with Gasteiger partial charge in [-0.15, -0.1) is 0 Å². The van der Waals surface area contributed by atoms with E-state index in [-0.39, 0.29) is 6.61 Å². The quantitative estimate of drug-likeness (QED) is 0.134. The molecule has 36 heavy (non-hydrogen) atoms. The van der Waals surface area contributed by atoms with Crippen LogP contribution < -0.4 is 0 Å². The van der Waals surface area contributed by atoms with Gasteiger partial charge in [0, 0.05) is 14.2 Å². The molecule has 3 aliphatic rings. The predicted octanol–water partition coefficient (Wildman–Crippen LogP) is -6.26. The lowest BCUT2D eigenvalue weighted by atomic mass is 9.96. The zero-order valence-electron chi connectivity index (χ0n) is 19.7. The summed E-state index contributed by atoms with van der Waals surface area (Å²) in [6.45, 7) is -1.60. The van der Waals surface area contributed by atoms with Crippen LogP contribution in [-0.4, -0.2) is 172 Å². The Labute approximate surface area is 206 Å². The maximum atomic E-state index is 10.7. The molecule has 0 radical (unpaired) electrons. The van der Waals surface area contributed by atoms with Gasteiger partial charge in [-0.3, -0.25) is 0 Å². The molecular weight excluding hydrogens is 496 g/mol. The average Bonchev–Trinajstić information content (AvgIpc) is 2.87. The summed E-state index contributed by atoms with van der Waals surface area (Å²) < 4.78 is 37.2. The molecule has 0 aromatic rings. The van der Waals surface area contributed by atoms with E-state index in [4.69, 9.17) is 33.2 Å². The SMILES string of the molecule is COCC1O[C@@H](O[C@H]2C(O)C(O)[C@@H](O[C@@H]3C(CO)O[C@@H](OC)C(O)[C@H]3O)O[C@H]2CO)C(O)[C@@H](O)[C@@H]1O. The summed E-state index contributed by atoms with van der Waals surface area (Å²) in [6, 6.07) is 0. The van der Waals surface area contributed by atoms with Gasteiger partial charge in [-0.05, 0) is 0 Å². The summed E-state index contributed by atoms with van der Waals surface area (Å²) in [5.41, 5.74) is 0. The van der Waals surface area contributed by atoms with E-state index < -0.39 is 105 Å². The van der Waals surface area contributed by atoms with E-state index in [1.807, 2.05) is 0 Å². The molecule has 15 atom stereocenters. The molecule has 3 saturated heterocycles. The monoisotopic (exact) mass is 532 g/mol. The van der Waals surface area contributed by atoms with Crippen LogP contribution in [0.2, 0.25) is 0 Å². The van der Waals surface area contributed by atoms with Crippen LogP contribution in [-0.2, 0) is 33.2 Å². The van der Waals surface area contributed by atoms with Gasteiger partial charge in [0.05, 0.1) is 19.8 Å². The molecule has 3 rings (SSSR count). The van der Waals surface area contributed by atoms with Crippen molar-refractivity contribution in [1.29, 1.82) is 0 Å². The third-order valence-corrected chi connectivity index (χ3v) is 6.46. The lowest BCUT2D eigenvalue weighted by Gasteiger charge is -2.48. The first-order valence-electron chi connectivity index (χ1n) is 11.4. The highest BCUT2D eigenvalue weighted by Crippen LogP contribution is 2.32. The van der Waals surface area contributed by atoms with Crippen molar-refractivity contribution >= 4 is 0 Å². The second-order valence-electron chi connectivity index (χ2n) is 8.82. The number of hydrogen-bond acceptors (Lipinski definition) is 16. The molecule has 0 bridgehead atoms. The Bertz CT molecular complexity index is 668. The predicted molar refractivity (Wildman–Crippen MR) is 111 cm³/mol. The molecule has 0 aromatic carbocycles. The summed E-state index contributed by atoms with van der Waals surface area (Å²) in [5, 5.41) is 91.9. The Morgan fingerprint density at radius 3 is 1.39 bits per heavy atom. The molecule has 0 amide bonds. The highest BCUT2D eigenvalue weighted by Gasteiger charge is 2.53. The van der Waals surface area contributed by atoms with Crippen LogP contribution in [0.25, 0.3) is 0 Å². The van der Waals surface area contributed by atoms with Gasteiger partial charge >= 0.3 is 0 Å². The van der Waals surface area contributed by atoms with Gasteiger partial charge in [-0.1, -0.05) is 0 Å². The van der Waals surface area contributed by atoms with Crippen LogP contribution in [0, 0.1) is 0 Å². The fourth-order valence-corrected chi connectivity index (χ4v) is 4.39. The molecule has 0 aliphatic carbocycles. The number of ether oxygens (including phenoxy) is 7. The highest BCUT2D eigenvalue weighted by molar-refractivity contribution is 4.96. The molecule has 9 N–H and O–H groups in total. The first-order valence-corrected chi connectivity index (χ1v) is 11.4. The van der Waals surface area contributed by atoms with Crippen molar-refractivity contribution in [2.45, 2.75) is 92.1 Å². The minimum absolute atomic E-state index is 0.163. The minimum atomic E-state index is -1.85. The Morgan fingerprint density at radius 1 is 0.528 bits per heavy atom. The summed E-state index contributed by atoms with van der Waals surface area (Å²) in [5.74, 6) is 0. The number of aliphatic hydroxyl groups is 9. The Kier molecular flexibility index (Phi) is 10.8. The van der Waals surface area contributed by atoms with Crippen molar-refractivity contribution in [3.63, 3.8) is 0 Å². The number of aliphatic hydroxyl groups excluding tert-OH is 9. The van der Waals surface area contributed by atoms with Crippen LogP contribution in [0.5, 0.6) is 0 Å². The van der Waals surface area contributed by atoms with Gasteiger partial charge in [0.25, 0.3) is 0 Å². The first kappa shape index (κ1) is 29.9. The van der Waals surface area contributed by atoms with Crippen molar-refractivity contribution in [2.24, 2.45) is 0 Å². The number of rotatable bonds is 9. The van der Waals surface area contributed by atoms with Gasteiger partial charge in [0.2, 0.25) is 0 Å². The van der Waals surface area contributed by atoms with Gasteiger partial charge in [-0.25, -0.2) is 0 Å². The van der Waals surface area contributed by atoms with Crippen molar-refractivity contribution in [3.8, 4) is 0 Å². The molecule has 3 heterocycles. The summed E-state index contributed by atoms with van der Waals surface area (Å²) >= 11 is 0. The fourth-order valence-electron chi connectivity index (χ4n) is 4.39. The second-order valence-corrected chi connectivity index (χ2v) is 8.82. The Hall–Kier alpha value is -0.640. The first-order chi connectivity index (χ1) is 17.1. The van der Waals surface area contributed by atoms with Crippen molar-refractivity contribution < 1.29 is 79.1 Å². The van der Waals surface area contributed by atoms with E-state index in [9.17, 15) is 46.0 Å². The molecule has 3 fully saturated rings. The van der Waals surface area contributed by atoms with Crippen molar-refractivity contribution in [2.75, 3.05) is 34.0 Å². The number of methoxy groups -OCH3 is 2. The van der Waals surface area contributed by atoms with Gasteiger partial charge in [-0.2, -0.15) is 0 Å². The molecular formula is C20H36O16.